The van der Waals surface area contributed by atoms with Crippen LogP contribution in [0, 0.1) is 0 Å². The molecule has 0 spiro atoms. The molecule has 39 heavy (non-hydrogen) atoms. The number of sulfonamides is 1. The Bertz CT molecular complexity index is 1800. The normalized spacial score (nSPS) is 12.0. The summed E-state index contributed by atoms with van der Waals surface area (Å²) in [7, 11) is -3.86. The van der Waals surface area contributed by atoms with Crippen LogP contribution in [0.2, 0.25) is 5.02 Å². The monoisotopic (exact) mass is 569 g/mol. The minimum Gasteiger partial charge on any atom is -0.493 e. The summed E-state index contributed by atoms with van der Waals surface area (Å²) in [6, 6.07) is 10.1. The Morgan fingerprint density at radius 2 is 2.00 bits per heavy atom. The van der Waals surface area contributed by atoms with E-state index in [0.717, 1.165) is 12.1 Å². The lowest BCUT2D eigenvalue weighted by atomic mass is 10.1. The molecular formula is C26H28ClN7O4S. The number of benzene rings is 1. The zero-order chi connectivity index (χ0) is 27.6. The molecule has 0 atom stereocenters. The number of pyridine rings is 1. The number of H-pyrrole nitrogens is 1. The SMILES string of the molecule is CCCOc1ccc(S(=O)(=O)NCCc2ccccn2)cc1-c1[nH]c2c(c1Cl)n(CCC)c(=O)n1cnnc21. The number of aromatic amines is 1. The van der Waals surface area contributed by atoms with Crippen molar-refractivity contribution in [3.63, 3.8) is 0 Å². The molecule has 0 fully saturated rings. The van der Waals surface area contributed by atoms with Gasteiger partial charge in [-0.3, -0.25) is 9.55 Å². The molecule has 13 heteroatoms. The number of fused-ring (bicyclic) bond motifs is 3. The van der Waals surface area contributed by atoms with Crippen LogP contribution in [0.5, 0.6) is 5.75 Å². The highest BCUT2D eigenvalue weighted by atomic mass is 35.5. The third-order valence-electron chi connectivity index (χ3n) is 6.23. The van der Waals surface area contributed by atoms with Gasteiger partial charge in [-0.2, -0.15) is 0 Å². The summed E-state index contributed by atoms with van der Waals surface area (Å²) >= 11 is 6.92. The number of hydrogen-bond donors (Lipinski definition) is 2. The third-order valence-corrected chi connectivity index (χ3v) is 8.06. The lowest BCUT2D eigenvalue weighted by Gasteiger charge is -2.13. The topological polar surface area (TPSA) is 136 Å². The van der Waals surface area contributed by atoms with Gasteiger partial charge >= 0.3 is 5.69 Å². The van der Waals surface area contributed by atoms with E-state index in [1.165, 1.54) is 22.9 Å². The van der Waals surface area contributed by atoms with Gasteiger partial charge in [0.1, 0.15) is 17.6 Å². The minimum atomic E-state index is -3.86. The summed E-state index contributed by atoms with van der Waals surface area (Å²) < 4.78 is 38.0. The number of ether oxygens (including phenoxy) is 1. The van der Waals surface area contributed by atoms with Gasteiger partial charge in [-0.15, -0.1) is 10.2 Å². The Morgan fingerprint density at radius 3 is 2.74 bits per heavy atom. The molecule has 0 saturated heterocycles. The smallest absolute Gasteiger partial charge is 0.335 e. The summed E-state index contributed by atoms with van der Waals surface area (Å²) in [5, 5.41) is 8.28. The molecule has 0 aliphatic rings. The van der Waals surface area contributed by atoms with Gasteiger partial charge in [0.2, 0.25) is 10.0 Å². The average molecular weight is 570 g/mol. The molecule has 0 amide bonds. The summed E-state index contributed by atoms with van der Waals surface area (Å²) in [5.41, 5.74) is 2.66. The van der Waals surface area contributed by atoms with E-state index in [2.05, 4.69) is 24.9 Å². The molecule has 0 aliphatic heterocycles. The fraction of sp³-hybridized carbons (Fsp3) is 0.308. The molecule has 0 radical (unpaired) electrons. The maximum absolute atomic E-state index is 13.2. The largest absolute Gasteiger partial charge is 0.493 e. The van der Waals surface area contributed by atoms with E-state index in [1.807, 2.05) is 32.0 Å². The Morgan fingerprint density at radius 1 is 1.15 bits per heavy atom. The van der Waals surface area contributed by atoms with E-state index in [0.29, 0.717) is 59.7 Å². The molecule has 0 unspecified atom stereocenters. The summed E-state index contributed by atoms with van der Waals surface area (Å²) in [4.78, 5) is 20.7. The number of rotatable bonds is 11. The van der Waals surface area contributed by atoms with Crippen LogP contribution in [-0.4, -0.2) is 50.7 Å². The van der Waals surface area contributed by atoms with Crippen molar-refractivity contribution in [2.24, 2.45) is 0 Å². The number of aromatic nitrogens is 6. The zero-order valence-corrected chi connectivity index (χ0v) is 23.1. The highest BCUT2D eigenvalue weighted by molar-refractivity contribution is 7.89. The third kappa shape index (κ3) is 5.14. The van der Waals surface area contributed by atoms with E-state index in [-0.39, 0.29) is 22.2 Å². The van der Waals surface area contributed by atoms with Crippen LogP contribution in [0.25, 0.3) is 27.9 Å². The van der Waals surface area contributed by atoms with Gasteiger partial charge in [-0.1, -0.05) is 31.5 Å². The summed E-state index contributed by atoms with van der Waals surface area (Å²) in [6.45, 7) is 4.97. The van der Waals surface area contributed by atoms with Crippen LogP contribution in [0.15, 0.2) is 58.6 Å². The predicted octanol–water partition coefficient (Wildman–Crippen LogP) is 3.81. The van der Waals surface area contributed by atoms with Crippen molar-refractivity contribution in [2.75, 3.05) is 13.2 Å². The second-order valence-electron chi connectivity index (χ2n) is 8.97. The zero-order valence-electron chi connectivity index (χ0n) is 21.5. The number of halogens is 1. The summed E-state index contributed by atoms with van der Waals surface area (Å²) in [5.74, 6) is 0.458. The fourth-order valence-electron chi connectivity index (χ4n) is 4.42. The van der Waals surface area contributed by atoms with Crippen molar-refractivity contribution in [2.45, 2.75) is 44.6 Å². The maximum atomic E-state index is 13.2. The Kier molecular flexibility index (Phi) is 7.69. The van der Waals surface area contributed by atoms with Crippen molar-refractivity contribution >= 4 is 38.3 Å². The van der Waals surface area contributed by atoms with Gasteiger partial charge in [0.15, 0.2) is 5.65 Å². The van der Waals surface area contributed by atoms with Crippen LogP contribution < -0.4 is 15.1 Å². The number of hydrogen-bond acceptors (Lipinski definition) is 7. The van der Waals surface area contributed by atoms with Gasteiger partial charge in [0.05, 0.1) is 27.7 Å². The van der Waals surface area contributed by atoms with Crippen molar-refractivity contribution in [1.82, 2.24) is 33.9 Å². The maximum Gasteiger partial charge on any atom is 0.335 e. The number of nitrogens with zero attached hydrogens (tertiary/aromatic N) is 5. The van der Waals surface area contributed by atoms with Gasteiger partial charge < -0.3 is 9.72 Å². The fourth-order valence-corrected chi connectivity index (χ4v) is 5.83. The highest BCUT2D eigenvalue weighted by Gasteiger charge is 2.24. The lowest BCUT2D eigenvalue weighted by molar-refractivity contribution is 0.318. The van der Waals surface area contributed by atoms with Gasteiger partial charge in [0, 0.05) is 37.0 Å². The minimum absolute atomic E-state index is 0.0515. The van der Waals surface area contributed by atoms with Crippen molar-refractivity contribution < 1.29 is 13.2 Å². The first kappa shape index (κ1) is 26.9. The van der Waals surface area contributed by atoms with Crippen molar-refractivity contribution in [3.8, 4) is 17.0 Å². The Hall–Kier alpha value is -3.74. The molecule has 5 aromatic rings. The van der Waals surface area contributed by atoms with E-state index in [9.17, 15) is 13.2 Å². The molecule has 0 bridgehead atoms. The molecule has 4 aromatic heterocycles. The first-order valence-electron chi connectivity index (χ1n) is 12.7. The Balaban J connectivity index is 1.61. The van der Waals surface area contributed by atoms with E-state index >= 15 is 0 Å². The van der Waals surface area contributed by atoms with Crippen LogP contribution >= 0.6 is 11.6 Å². The number of aryl methyl sites for hydroxylation is 1. The summed E-state index contributed by atoms with van der Waals surface area (Å²) in [6.07, 6.45) is 4.93. The molecule has 0 saturated carbocycles. The van der Waals surface area contributed by atoms with Crippen molar-refractivity contribution in [1.29, 1.82) is 0 Å². The first-order chi connectivity index (χ1) is 18.9. The van der Waals surface area contributed by atoms with E-state index in [4.69, 9.17) is 16.3 Å². The molecule has 4 heterocycles. The molecule has 2 N–H and O–H groups in total. The van der Waals surface area contributed by atoms with E-state index < -0.39 is 10.0 Å². The van der Waals surface area contributed by atoms with Crippen LogP contribution in [0.3, 0.4) is 0 Å². The second-order valence-corrected chi connectivity index (χ2v) is 11.1. The van der Waals surface area contributed by atoms with Crippen LogP contribution in [0.1, 0.15) is 32.4 Å². The highest BCUT2D eigenvalue weighted by Crippen LogP contribution is 2.40. The van der Waals surface area contributed by atoms with Gasteiger partial charge in [0.25, 0.3) is 0 Å². The molecular weight excluding hydrogens is 542 g/mol. The van der Waals surface area contributed by atoms with Crippen molar-refractivity contribution in [3.05, 3.63) is 70.1 Å². The average Bonchev–Trinajstić information content (AvgIpc) is 3.56. The Labute approximate surface area is 229 Å². The number of nitrogens with one attached hydrogen (secondary N) is 2. The molecule has 204 valence electrons. The standard InChI is InChI=1S/C26H28ClN7O4S/c1-3-13-33-24-21(27)22(31-23(24)25-32-29-16-34(25)26(33)35)19-15-18(8-9-20(19)38-14-4-2)39(36,37)30-12-10-17-7-5-6-11-28-17/h5-9,11,15-16,30-31H,3-4,10,12-14H2,1-2H3. The molecule has 1 aromatic carbocycles. The van der Waals surface area contributed by atoms with Crippen LogP contribution in [0.4, 0.5) is 0 Å². The second kappa shape index (κ2) is 11.2. The van der Waals surface area contributed by atoms with Gasteiger partial charge in [-0.25, -0.2) is 22.3 Å². The molecule has 11 nitrogen and oxygen atoms in total. The lowest BCUT2D eigenvalue weighted by Crippen LogP contribution is -2.26. The quantitative estimate of drug-likeness (QED) is 0.247. The molecule has 5 rings (SSSR count). The molecule has 0 aliphatic carbocycles. The van der Waals surface area contributed by atoms with Crippen LogP contribution in [-0.2, 0) is 23.0 Å². The van der Waals surface area contributed by atoms with Gasteiger partial charge in [-0.05, 0) is 43.2 Å². The first-order valence-corrected chi connectivity index (χ1v) is 14.5. The van der Waals surface area contributed by atoms with E-state index in [1.54, 1.807) is 16.8 Å². The predicted molar refractivity (Wildman–Crippen MR) is 149 cm³/mol.